The second-order valence-corrected chi connectivity index (χ2v) is 4.42. The van der Waals surface area contributed by atoms with Crippen molar-refractivity contribution in [2.45, 2.75) is 32.6 Å². The van der Waals surface area contributed by atoms with Gasteiger partial charge in [-0.25, -0.2) is 0 Å². The summed E-state index contributed by atoms with van der Waals surface area (Å²) in [6, 6.07) is 5.29. The molecule has 0 N–H and O–H groups in total. The summed E-state index contributed by atoms with van der Waals surface area (Å²) in [4.78, 5) is 22.8. The van der Waals surface area contributed by atoms with E-state index in [4.69, 9.17) is 11.6 Å². The van der Waals surface area contributed by atoms with Gasteiger partial charge in [0.05, 0.1) is 7.11 Å². The summed E-state index contributed by atoms with van der Waals surface area (Å²) in [7, 11) is 1.34. The Labute approximate surface area is 112 Å². The highest BCUT2D eigenvalue weighted by Gasteiger charge is 2.09. The van der Waals surface area contributed by atoms with E-state index in [0.29, 0.717) is 23.4 Å². The quantitative estimate of drug-likeness (QED) is 0.586. The van der Waals surface area contributed by atoms with Gasteiger partial charge in [-0.2, -0.15) is 0 Å². The van der Waals surface area contributed by atoms with Gasteiger partial charge in [0.15, 0.2) is 5.78 Å². The molecule has 98 valence electrons. The highest BCUT2D eigenvalue weighted by molar-refractivity contribution is 6.31. The molecule has 0 unspecified atom stereocenters. The Balaban J connectivity index is 2.59. The third kappa shape index (κ3) is 4.15. The molecule has 0 aromatic heterocycles. The lowest BCUT2D eigenvalue weighted by Gasteiger charge is -2.05. The minimum atomic E-state index is -0.284. The van der Waals surface area contributed by atoms with Crippen molar-refractivity contribution in [2.75, 3.05) is 7.11 Å². The van der Waals surface area contributed by atoms with Gasteiger partial charge in [-0.15, -0.1) is 0 Å². The zero-order chi connectivity index (χ0) is 13.5. The van der Waals surface area contributed by atoms with Crippen LogP contribution in [0, 0.1) is 0 Å². The molecule has 0 amide bonds. The van der Waals surface area contributed by atoms with Crippen molar-refractivity contribution in [2.24, 2.45) is 0 Å². The van der Waals surface area contributed by atoms with Crippen LogP contribution in [-0.2, 0) is 16.0 Å². The van der Waals surface area contributed by atoms with E-state index in [1.165, 1.54) is 7.11 Å². The number of ether oxygens (including phenoxy) is 1. The SMILES string of the molecule is CCc1cc(C(=O)CCCC(=O)OC)ccc1Cl. The lowest BCUT2D eigenvalue weighted by atomic mass is 10.0. The first-order valence-corrected chi connectivity index (χ1v) is 6.34. The van der Waals surface area contributed by atoms with Crippen molar-refractivity contribution in [3.05, 3.63) is 34.3 Å². The van der Waals surface area contributed by atoms with Crippen LogP contribution in [0.1, 0.15) is 42.1 Å². The molecule has 0 saturated carbocycles. The van der Waals surface area contributed by atoms with Crippen LogP contribution in [0.5, 0.6) is 0 Å². The fraction of sp³-hybridized carbons (Fsp3) is 0.429. The van der Waals surface area contributed by atoms with E-state index < -0.39 is 0 Å². The number of hydrogen-bond donors (Lipinski definition) is 0. The van der Waals surface area contributed by atoms with Gasteiger partial charge in [-0.05, 0) is 36.6 Å². The number of carbonyl (C=O) groups excluding carboxylic acids is 2. The first-order valence-electron chi connectivity index (χ1n) is 5.97. The summed E-state index contributed by atoms with van der Waals surface area (Å²) in [5.41, 5.74) is 1.62. The third-order valence-electron chi connectivity index (χ3n) is 2.76. The Morgan fingerprint density at radius 3 is 2.61 bits per heavy atom. The Kier molecular flexibility index (Phi) is 5.86. The summed E-state index contributed by atoms with van der Waals surface area (Å²) in [5.74, 6) is -0.251. The summed E-state index contributed by atoms with van der Waals surface area (Å²) in [6.45, 7) is 1.99. The van der Waals surface area contributed by atoms with Crippen molar-refractivity contribution in [1.29, 1.82) is 0 Å². The highest BCUT2D eigenvalue weighted by Crippen LogP contribution is 2.19. The first kappa shape index (κ1) is 14.7. The molecule has 18 heavy (non-hydrogen) atoms. The lowest BCUT2D eigenvalue weighted by Crippen LogP contribution is -2.04. The Hall–Kier alpha value is -1.35. The second-order valence-electron chi connectivity index (χ2n) is 4.01. The molecule has 0 atom stereocenters. The van der Waals surface area contributed by atoms with E-state index in [-0.39, 0.29) is 18.2 Å². The number of esters is 1. The predicted octanol–water partition coefficient (Wildman–Crippen LogP) is 3.43. The van der Waals surface area contributed by atoms with E-state index in [1.54, 1.807) is 12.1 Å². The standard InChI is InChI=1S/C14H17ClO3/c1-3-10-9-11(7-8-12(10)15)13(16)5-4-6-14(17)18-2/h7-9H,3-6H2,1-2H3. The smallest absolute Gasteiger partial charge is 0.305 e. The summed E-state index contributed by atoms with van der Waals surface area (Å²) in [5, 5.41) is 0.684. The molecule has 1 aromatic rings. The maximum absolute atomic E-state index is 11.9. The minimum absolute atomic E-state index is 0.0327. The van der Waals surface area contributed by atoms with Gasteiger partial charge in [0.25, 0.3) is 0 Å². The molecule has 1 aromatic carbocycles. The van der Waals surface area contributed by atoms with Crippen LogP contribution >= 0.6 is 11.6 Å². The van der Waals surface area contributed by atoms with Crippen molar-refractivity contribution in [3.8, 4) is 0 Å². The third-order valence-corrected chi connectivity index (χ3v) is 3.13. The Morgan fingerprint density at radius 1 is 1.28 bits per heavy atom. The zero-order valence-electron chi connectivity index (χ0n) is 10.7. The van der Waals surface area contributed by atoms with Crippen LogP contribution in [0.2, 0.25) is 5.02 Å². The van der Waals surface area contributed by atoms with E-state index in [9.17, 15) is 9.59 Å². The molecular weight excluding hydrogens is 252 g/mol. The molecule has 0 aliphatic heterocycles. The summed E-state index contributed by atoms with van der Waals surface area (Å²) >= 11 is 5.99. The van der Waals surface area contributed by atoms with E-state index >= 15 is 0 Å². The predicted molar refractivity (Wildman–Crippen MR) is 71.0 cm³/mol. The molecule has 0 fully saturated rings. The fourth-order valence-electron chi connectivity index (χ4n) is 1.66. The molecule has 1 rings (SSSR count). The number of halogens is 1. The number of aryl methyl sites for hydroxylation is 1. The maximum Gasteiger partial charge on any atom is 0.305 e. The fourth-order valence-corrected chi connectivity index (χ4v) is 1.91. The second kappa shape index (κ2) is 7.17. The van der Waals surface area contributed by atoms with Gasteiger partial charge in [0.1, 0.15) is 0 Å². The van der Waals surface area contributed by atoms with Gasteiger partial charge in [0.2, 0.25) is 0 Å². The first-order chi connectivity index (χ1) is 8.58. The van der Waals surface area contributed by atoms with Crippen LogP contribution in [0.15, 0.2) is 18.2 Å². The molecule has 0 aliphatic carbocycles. The molecule has 0 bridgehead atoms. The van der Waals surface area contributed by atoms with Crippen LogP contribution < -0.4 is 0 Å². The average molecular weight is 269 g/mol. The van der Waals surface area contributed by atoms with Gasteiger partial charge in [-0.1, -0.05) is 18.5 Å². The summed E-state index contributed by atoms with van der Waals surface area (Å²) in [6.07, 6.45) is 1.92. The van der Waals surface area contributed by atoms with Crippen molar-refractivity contribution < 1.29 is 14.3 Å². The normalized spacial score (nSPS) is 10.2. The summed E-state index contributed by atoms with van der Waals surface area (Å²) < 4.78 is 4.52. The van der Waals surface area contributed by atoms with E-state index in [2.05, 4.69) is 4.74 Å². The van der Waals surface area contributed by atoms with Crippen molar-refractivity contribution in [3.63, 3.8) is 0 Å². The number of rotatable bonds is 6. The number of methoxy groups -OCH3 is 1. The van der Waals surface area contributed by atoms with Gasteiger partial charge >= 0.3 is 5.97 Å². The number of Topliss-reactive ketones (excluding diaryl/α,β-unsaturated/α-hetero) is 1. The Morgan fingerprint density at radius 2 is 2.00 bits per heavy atom. The molecule has 3 nitrogen and oxygen atoms in total. The average Bonchev–Trinajstić information content (AvgIpc) is 2.38. The Bertz CT molecular complexity index is 441. The number of benzene rings is 1. The maximum atomic E-state index is 11.9. The largest absolute Gasteiger partial charge is 0.469 e. The van der Waals surface area contributed by atoms with Gasteiger partial charge < -0.3 is 4.74 Å². The van der Waals surface area contributed by atoms with Gasteiger partial charge in [-0.3, -0.25) is 9.59 Å². The van der Waals surface area contributed by atoms with Gasteiger partial charge in [0, 0.05) is 23.4 Å². The molecule has 0 heterocycles. The number of hydrogen-bond acceptors (Lipinski definition) is 3. The molecule has 0 spiro atoms. The molecule has 0 aliphatic rings. The molecule has 0 radical (unpaired) electrons. The molecule has 0 saturated heterocycles. The van der Waals surface area contributed by atoms with Crippen LogP contribution in [0.4, 0.5) is 0 Å². The number of ketones is 1. The van der Waals surface area contributed by atoms with Crippen LogP contribution in [0.25, 0.3) is 0 Å². The molecular formula is C14H17ClO3. The van der Waals surface area contributed by atoms with Crippen LogP contribution in [-0.4, -0.2) is 18.9 Å². The topological polar surface area (TPSA) is 43.4 Å². The van der Waals surface area contributed by atoms with Crippen molar-refractivity contribution >= 4 is 23.4 Å². The van der Waals surface area contributed by atoms with Crippen LogP contribution in [0.3, 0.4) is 0 Å². The molecule has 4 heteroatoms. The zero-order valence-corrected chi connectivity index (χ0v) is 11.4. The van der Waals surface area contributed by atoms with E-state index in [0.717, 1.165) is 12.0 Å². The monoisotopic (exact) mass is 268 g/mol. The van der Waals surface area contributed by atoms with E-state index in [1.807, 2.05) is 13.0 Å². The highest BCUT2D eigenvalue weighted by atomic mass is 35.5. The minimum Gasteiger partial charge on any atom is -0.469 e. The van der Waals surface area contributed by atoms with Crippen molar-refractivity contribution in [1.82, 2.24) is 0 Å². The lowest BCUT2D eigenvalue weighted by molar-refractivity contribution is -0.140. The number of carbonyl (C=O) groups is 2.